The molecule has 2 fully saturated rings. The average Bonchev–Trinajstić information content (AvgIpc) is 2.44. The lowest BCUT2D eigenvalue weighted by molar-refractivity contribution is 0.114. The third-order valence-electron chi connectivity index (χ3n) is 3.10. The molecule has 1 saturated carbocycles. The Morgan fingerprint density at radius 2 is 2.08 bits per heavy atom. The zero-order valence-corrected chi connectivity index (χ0v) is 7.49. The summed E-state index contributed by atoms with van der Waals surface area (Å²) >= 11 is 0. The summed E-state index contributed by atoms with van der Waals surface area (Å²) in [6, 6.07) is 0.795. The fourth-order valence-electron chi connectivity index (χ4n) is 1.89. The summed E-state index contributed by atoms with van der Waals surface area (Å²) in [6.07, 6.45) is 2.28. The van der Waals surface area contributed by atoms with E-state index in [4.69, 9.17) is 4.74 Å². The standard InChI is InChI=1S/C9H17NO2/c1-6-2-3-7(6)10-8-4-12-5-9(8)11/h6-11H,2-5H2,1H3. The minimum Gasteiger partial charge on any atom is -0.389 e. The van der Waals surface area contributed by atoms with Gasteiger partial charge in [0.1, 0.15) is 0 Å². The summed E-state index contributed by atoms with van der Waals surface area (Å²) in [5, 5.41) is 12.9. The zero-order chi connectivity index (χ0) is 8.55. The average molecular weight is 171 g/mol. The lowest BCUT2D eigenvalue weighted by Crippen LogP contribution is -2.51. The predicted molar refractivity (Wildman–Crippen MR) is 45.9 cm³/mol. The van der Waals surface area contributed by atoms with Crippen molar-refractivity contribution >= 4 is 0 Å². The highest BCUT2D eigenvalue weighted by atomic mass is 16.5. The quantitative estimate of drug-likeness (QED) is 0.620. The summed E-state index contributed by atoms with van der Waals surface area (Å²) in [5.74, 6) is 0.776. The molecule has 4 unspecified atom stereocenters. The number of aliphatic hydroxyl groups is 1. The van der Waals surface area contributed by atoms with Crippen LogP contribution >= 0.6 is 0 Å². The molecule has 2 rings (SSSR count). The molecule has 4 atom stereocenters. The van der Waals surface area contributed by atoms with Crippen molar-refractivity contribution in [3.05, 3.63) is 0 Å². The summed E-state index contributed by atoms with van der Waals surface area (Å²) in [6.45, 7) is 3.42. The molecular formula is C9H17NO2. The highest BCUT2D eigenvalue weighted by molar-refractivity contribution is 4.90. The molecule has 0 bridgehead atoms. The second kappa shape index (κ2) is 3.32. The van der Waals surface area contributed by atoms with Crippen LogP contribution in [0.2, 0.25) is 0 Å². The van der Waals surface area contributed by atoms with Gasteiger partial charge < -0.3 is 15.2 Å². The number of hydrogen-bond donors (Lipinski definition) is 2. The number of nitrogens with one attached hydrogen (secondary N) is 1. The molecule has 0 aromatic carbocycles. The van der Waals surface area contributed by atoms with E-state index in [1.54, 1.807) is 0 Å². The normalized spacial score (nSPS) is 47.5. The number of rotatable bonds is 2. The van der Waals surface area contributed by atoms with Crippen LogP contribution < -0.4 is 5.32 Å². The molecule has 1 aliphatic heterocycles. The van der Waals surface area contributed by atoms with Crippen molar-refractivity contribution in [1.82, 2.24) is 5.32 Å². The lowest BCUT2D eigenvalue weighted by Gasteiger charge is -2.37. The van der Waals surface area contributed by atoms with Crippen LogP contribution in [0.4, 0.5) is 0 Å². The first-order chi connectivity index (χ1) is 5.77. The maximum atomic E-state index is 9.46. The minimum atomic E-state index is -0.294. The van der Waals surface area contributed by atoms with E-state index in [-0.39, 0.29) is 12.1 Å². The summed E-state index contributed by atoms with van der Waals surface area (Å²) in [4.78, 5) is 0. The van der Waals surface area contributed by atoms with Gasteiger partial charge in [0.25, 0.3) is 0 Å². The van der Waals surface area contributed by atoms with Crippen LogP contribution in [0.1, 0.15) is 19.8 Å². The van der Waals surface area contributed by atoms with E-state index in [1.165, 1.54) is 12.8 Å². The largest absolute Gasteiger partial charge is 0.389 e. The van der Waals surface area contributed by atoms with Crippen LogP contribution in [0.25, 0.3) is 0 Å². The van der Waals surface area contributed by atoms with Crippen LogP contribution in [0.15, 0.2) is 0 Å². The van der Waals surface area contributed by atoms with Crippen molar-refractivity contribution in [2.75, 3.05) is 13.2 Å². The molecule has 3 heteroatoms. The fraction of sp³-hybridized carbons (Fsp3) is 1.00. The maximum absolute atomic E-state index is 9.46. The highest BCUT2D eigenvalue weighted by Crippen LogP contribution is 2.27. The molecule has 70 valence electrons. The van der Waals surface area contributed by atoms with Crippen LogP contribution in [0, 0.1) is 5.92 Å². The van der Waals surface area contributed by atoms with E-state index in [1.807, 2.05) is 0 Å². The molecule has 1 aliphatic carbocycles. The van der Waals surface area contributed by atoms with Gasteiger partial charge in [-0.1, -0.05) is 6.92 Å². The molecule has 12 heavy (non-hydrogen) atoms. The van der Waals surface area contributed by atoms with E-state index in [2.05, 4.69) is 12.2 Å². The van der Waals surface area contributed by atoms with E-state index >= 15 is 0 Å². The molecule has 2 N–H and O–H groups in total. The topological polar surface area (TPSA) is 41.5 Å². The van der Waals surface area contributed by atoms with Crippen molar-refractivity contribution in [2.45, 2.75) is 38.0 Å². The van der Waals surface area contributed by atoms with Crippen molar-refractivity contribution in [3.8, 4) is 0 Å². The van der Waals surface area contributed by atoms with Crippen molar-refractivity contribution in [3.63, 3.8) is 0 Å². The lowest BCUT2D eigenvalue weighted by atomic mass is 9.80. The van der Waals surface area contributed by atoms with Gasteiger partial charge in [0.05, 0.1) is 25.4 Å². The number of aliphatic hydroxyl groups excluding tert-OH is 1. The molecule has 0 spiro atoms. The van der Waals surface area contributed by atoms with Gasteiger partial charge in [-0.2, -0.15) is 0 Å². The van der Waals surface area contributed by atoms with Crippen LogP contribution in [0.3, 0.4) is 0 Å². The monoisotopic (exact) mass is 171 g/mol. The third-order valence-corrected chi connectivity index (χ3v) is 3.10. The van der Waals surface area contributed by atoms with Gasteiger partial charge in [0.15, 0.2) is 0 Å². The highest BCUT2D eigenvalue weighted by Gasteiger charge is 2.33. The smallest absolute Gasteiger partial charge is 0.0948 e. The first-order valence-corrected chi connectivity index (χ1v) is 4.79. The van der Waals surface area contributed by atoms with Gasteiger partial charge >= 0.3 is 0 Å². The Morgan fingerprint density at radius 3 is 2.50 bits per heavy atom. The molecule has 3 nitrogen and oxygen atoms in total. The molecule has 1 saturated heterocycles. The first kappa shape index (κ1) is 8.48. The Morgan fingerprint density at radius 1 is 1.25 bits per heavy atom. The predicted octanol–water partition coefficient (Wildman–Crippen LogP) is 0.134. The van der Waals surface area contributed by atoms with E-state index in [9.17, 15) is 5.11 Å². The van der Waals surface area contributed by atoms with Gasteiger partial charge in [-0.05, 0) is 18.8 Å². The first-order valence-electron chi connectivity index (χ1n) is 4.79. The Balaban J connectivity index is 1.78. The van der Waals surface area contributed by atoms with Gasteiger partial charge in [-0.15, -0.1) is 0 Å². The second-order valence-electron chi connectivity index (χ2n) is 4.04. The number of ether oxygens (including phenoxy) is 1. The van der Waals surface area contributed by atoms with Gasteiger partial charge in [-0.25, -0.2) is 0 Å². The van der Waals surface area contributed by atoms with Gasteiger partial charge in [0, 0.05) is 6.04 Å². The molecule has 0 aromatic rings. The maximum Gasteiger partial charge on any atom is 0.0948 e. The second-order valence-corrected chi connectivity index (χ2v) is 4.04. The number of hydrogen-bond acceptors (Lipinski definition) is 3. The molecular weight excluding hydrogens is 154 g/mol. The Kier molecular flexibility index (Phi) is 2.35. The Bertz CT molecular complexity index is 163. The van der Waals surface area contributed by atoms with Crippen LogP contribution in [0.5, 0.6) is 0 Å². The summed E-state index contributed by atoms with van der Waals surface area (Å²) in [5.41, 5.74) is 0. The Labute approximate surface area is 73.1 Å². The van der Waals surface area contributed by atoms with Crippen molar-refractivity contribution in [2.24, 2.45) is 5.92 Å². The van der Waals surface area contributed by atoms with E-state index < -0.39 is 0 Å². The SMILES string of the molecule is CC1CCC1NC1COCC1O. The van der Waals surface area contributed by atoms with Crippen LogP contribution in [-0.4, -0.2) is 36.5 Å². The Hall–Kier alpha value is -0.120. The molecule has 0 radical (unpaired) electrons. The van der Waals surface area contributed by atoms with E-state index in [0.29, 0.717) is 19.3 Å². The van der Waals surface area contributed by atoms with Gasteiger partial charge in [-0.3, -0.25) is 0 Å². The molecule has 0 amide bonds. The molecule has 1 heterocycles. The van der Waals surface area contributed by atoms with Crippen molar-refractivity contribution < 1.29 is 9.84 Å². The van der Waals surface area contributed by atoms with Gasteiger partial charge in [0.2, 0.25) is 0 Å². The summed E-state index contributed by atoms with van der Waals surface area (Å²) in [7, 11) is 0. The summed E-state index contributed by atoms with van der Waals surface area (Å²) < 4.78 is 5.16. The molecule has 0 aromatic heterocycles. The third kappa shape index (κ3) is 1.49. The molecule has 2 aliphatic rings. The minimum absolute atomic E-state index is 0.178. The van der Waals surface area contributed by atoms with Crippen molar-refractivity contribution in [1.29, 1.82) is 0 Å². The van der Waals surface area contributed by atoms with E-state index in [0.717, 1.165) is 5.92 Å². The zero-order valence-electron chi connectivity index (χ0n) is 7.49. The van der Waals surface area contributed by atoms with Crippen LogP contribution in [-0.2, 0) is 4.74 Å². The fourth-order valence-corrected chi connectivity index (χ4v) is 1.89.